The summed E-state index contributed by atoms with van der Waals surface area (Å²) in [5, 5.41) is 0.0719. The van der Waals surface area contributed by atoms with Crippen LogP contribution in [0.25, 0.3) is 21.8 Å². The van der Waals surface area contributed by atoms with E-state index < -0.39 is 45.5 Å². The number of aromatic nitrogens is 2. The summed E-state index contributed by atoms with van der Waals surface area (Å²) in [6, 6.07) is 7.46. The Balaban J connectivity index is 1.59. The summed E-state index contributed by atoms with van der Waals surface area (Å²) in [6.07, 6.45) is -2.76. The second-order valence-electron chi connectivity index (χ2n) is 6.89. The van der Waals surface area contributed by atoms with Crippen molar-refractivity contribution in [3.05, 3.63) is 91.0 Å². The van der Waals surface area contributed by atoms with Crippen LogP contribution in [0.5, 0.6) is 0 Å². The fourth-order valence-corrected chi connectivity index (χ4v) is 3.44. The van der Waals surface area contributed by atoms with Crippen LogP contribution < -0.4 is 21.7 Å². The molecule has 0 unspecified atom stereocenters. The number of hydrogen-bond acceptors (Lipinski definition) is 4. The fourth-order valence-electron chi connectivity index (χ4n) is 3.26. The molecule has 4 N–H and O–H groups in total. The molecule has 0 bridgehead atoms. The van der Waals surface area contributed by atoms with E-state index in [-0.39, 0.29) is 21.4 Å². The van der Waals surface area contributed by atoms with Gasteiger partial charge in [-0.05, 0) is 30.3 Å². The third-order valence-electron chi connectivity index (χ3n) is 4.84. The van der Waals surface area contributed by atoms with Gasteiger partial charge in [-0.15, -0.1) is 0 Å². The van der Waals surface area contributed by atoms with Crippen molar-refractivity contribution in [2.75, 3.05) is 0 Å². The maximum Gasteiger partial charge on any atom is 0.418 e. The Hall–Kier alpha value is -4.12. The van der Waals surface area contributed by atoms with Gasteiger partial charge in [0.25, 0.3) is 11.8 Å². The van der Waals surface area contributed by atoms with Crippen LogP contribution in [-0.2, 0) is 6.18 Å². The topological polar surface area (TPSA) is 124 Å². The summed E-state index contributed by atoms with van der Waals surface area (Å²) >= 11 is 5.88. The average molecular weight is 477 g/mol. The van der Waals surface area contributed by atoms with Crippen LogP contribution in [0.15, 0.2) is 58.4 Å². The lowest BCUT2D eigenvalue weighted by atomic mass is 10.1. The number of alkyl halides is 3. The standard InChI is InChI=1S/C21H12ClF3N4O4/c22-9-4-5-15-11(6-9)18(31)12(7-26-15)19(32)28-29-20(33)13-8-27-16-10(17(13)30)2-1-3-14(16)21(23,24)25/h1-8H,(H,26,31)(H,27,30)(H,28,32)(H,29,33). The molecule has 4 rings (SSSR count). The molecule has 0 radical (unpaired) electrons. The van der Waals surface area contributed by atoms with Crippen molar-refractivity contribution in [1.29, 1.82) is 0 Å². The largest absolute Gasteiger partial charge is 0.418 e. The Bertz CT molecular complexity index is 1560. The van der Waals surface area contributed by atoms with Crippen molar-refractivity contribution >= 4 is 45.2 Å². The van der Waals surface area contributed by atoms with Crippen LogP contribution in [-0.4, -0.2) is 21.8 Å². The van der Waals surface area contributed by atoms with Gasteiger partial charge in [0.15, 0.2) is 0 Å². The molecule has 0 aliphatic carbocycles. The molecule has 8 nitrogen and oxygen atoms in total. The highest BCUT2D eigenvalue weighted by Gasteiger charge is 2.33. The first kappa shape index (κ1) is 22.1. The van der Waals surface area contributed by atoms with Gasteiger partial charge in [0.1, 0.15) is 11.1 Å². The number of rotatable bonds is 2. The Labute approximate surface area is 186 Å². The van der Waals surface area contributed by atoms with Gasteiger partial charge in [0.05, 0.1) is 11.1 Å². The number of fused-ring (bicyclic) bond motifs is 2. The SMILES string of the molecule is O=C(NNC(=O)c1c[nH]c2c(C(F)(F)F)cccc2c1=O)c1c[nH]c2ccc(Cl)cc2c1=O. The van der Waals surface area contributed by atoms with Crippen LogP contribution in [0.4, 0.5) is 13.2 Å². The number of para-hydroxylation sites is 1. The van der Waals surface area contributed by atoms with Gasteiger partial charge in [-0.3, -0.25) is 30.0 Å². The average Bonchev–Trinajstić information content (AvgIpc) is 2.77. The number of pyridine rings is 2. The quantitative estimate of drug-likeness (QED) is 0.332. The number of benzene rings is 2. The molecule has 0 spiro atoms. The predicted molar refractivity (Wildman–Crippen MR) is 114 cm³/mol. The number of hydrogen-bond donors (Lipinski definition) is 4. The molecule has 0 aliphatic heterocycles. The van der Waals surface area contributed by atoms with E-state index >= 15 is 0 Å². The number of H-pyrrole nitrogens is 2. The van der Waals surface area contributed by atoms with Crippen LogP contribution in [0.3, 0.4) is 0 Å². The minimum absolute atomic E-state index is 0.146. The second kappa shape index (κ2) is 8.10. The van der Waals surface area contributed by atoms with Gasteiger partial charge in [-0.25, -0.2) is 0 Å². The van der Waals surface area contributed by atoms with Gasteiger partial charge in [-0.1, -0.05) is 17.7 Å². The second-order valence-corrected chi connectivity index (χ2v) is 7.32. The third-order valence-corrected chi connectivity index (χ3v) is 5.08. The first-order valence-electron chi connectivity index (χ1n) is 9.21. The van der Waals surface area contributed by atoms with E-state index in [1.165, 1.54) is 6.07 Å². The molecule has 168 valence electrons. The summed E-state index contributed by atoms with van der Waals surface area (Å²) in [5.74, 6) is -2.08. The Kier molecular flexibility index (Phi) is 5.42. The van der Waals surface area contributed by atoms with Crippen molar-refractivity contribution in [1.82, 2.24) is 20.8 Å². The first-order chi connectivity index (χ1) is 15.6. The minimum Gasteiger partial charge on any atom is -0.360 e. The molecule has 12 heteroatoms. The molecule has 2 heterocycles. The number of aromatic amines is 2. The van der Waals surface area contributed by atoms with E-state index in [1.807, 2.05) is 10.9 Å². The van der Waals surface area contributed by atoms with E-state index in [4.69, 9.17) is 11.6 Å². The Morgan fingerprint density at radius 1 is 0.848 bits per heavy atom. The molecule has 0 saturated heterocycles. The van der Waals surface area contributed by atoms with Gasteiger partial charge < -0.3 is 9.97 Å². The maximum absolute atomic E-state index is 13.1. The number of hydrazine groups is 1. The van der Waals surface area contributed by atoms with Crippen LogP contribution in [0.2, 0.25) is 5.02 Å². The highest BCUT2D eigenvalue weighted by atomic mass is 35.5. The molecule has 2 aromatic heterocycles. The number of halogens is 4. The zero-order valence-corrected chi connectivity index (χ0v) is 17.0. The van der Waals surface area contributed by atoms with Gasteiger partial charge >= 0.3 is 6.18 Å². The van der Waals surface area contributed by atoms with E-state index in [0.29, 0.717) is 5.52 Å². The third kappa shape index (κ3) is 4.05. The monoisotopic (exact) mass is 476 g/mol. The van der Waals surface area contributed by atoms with Crippen molar-refractivity contribution < 1.29 is 22.8 Å². The van der Waals surface area contributed by atoms with Crippen molar-refractivity contribution in [3.63, 3.8) is 0 Å². The van der Waals surface area contributed by atoms with Crippen LogP contribution >= 0.6 is 11.6 Å². The number of nitrogens with one attached hydrogen (secondary N) is 4. The van der Waals surface area contributed by atoms with Crippen molar-refractivity contribution in [2.24, 2.45) is 0 Å². The lowest BCUT2D eigenvalue weighted by Gasteiger charge is -2.11. The smallest absolute Gasteiger partial charge is 0.360 e. The number of carbonyl (C=O) groups is 2. The predicted octanol–water partition coefficient (Wildman–Crippen LogP) is 3.12. The molecule has 2 amide bonds. The fraction of sp³-hybridized carbons (Fsp3) is 0.0476. The molecule has 0 atom stereocenters. The van der Waals surface area contributed by atoms with Crippen molar-refractivity contribution in [3.8, 4) is 0 Å². The lowest BCUT2D eigenvalue weighted by Crippen LogP contribution is -2.44. The Morgan fingerprint density at radius 2 is 1.45 bits per heavy atom. The highest BCUT2D eigenvalue weighted by Crippen LogP contribution is 2.32. The minimum atomic E-state index is -4.71. The van der Waals surface area contributed by atoms with Crippen molar-refractivity contribution in [2.45, 2.75) is 6.18 Å². The van der Waals surface area contributed by atoms with E-state index in [2.05, 4.69) is 9.97 Å². The Morgan fingerprint density at radius 3 is 2.09 bits per heavy atom. The molecule has 4 aromatic rings. The molecular formula is C21H12ClF3N4O4. The van der Waals surface area contributed by atoms with Crippen LogP contribution in [0, 0.1) is 0 Å². The highest BCUT2D eigenvalue weighted by molar-refractivity contribution is 6.31. The summed E-state index contributed by atoms with van der Waals surface area (Å²) in [4.78, 5) is 55.0. The number of amides is 2. The zero-order valence-electron chi connectivity index (χ0n) is 16.3. The van der Waals surface area contributed by atoms with E-state index in [0.717, 1.165) is 30.6 Å². The summed E-state index contributed by atoms with van der Waals surface area (Å²) in [7, 11) is 0. The van der Waals surface area contributed by atoms with Gasteiger partial charge in [-0.2, -0.15) is 13.2 Å². The molecule has 0 saturated carbocycles. The summed E-state index contributed by atoms with van der Waals surface area (Å²) in [6.45, 7) is 0. The van der Waals surface area contributed by atoms with Gasteiger partial charge in [0, 0.05) is 33.7 Å². The lowest BCUT2D eigenvalue weighted by molar-refractivity contribution is -0.136. The van der Waals surface area contributed by atoms with Crippen LogP contribution in [0.1, 0.15) is 26.3 Å². The van der Waals surface area contributed by atoms with E-state index in [9.17, 15) is 32.3 Å². The summed E-state index contributed by atoms with van der Waals surface area (Å²) in [5.41, 5.74) is 0.373. The molecule has 2 aromatic carbocycles. The van der Waals surface area contributed by atoms with Gasteiger partial charge in [0.2, 0.25) is 10.9 Å². The zero-order chi connectivity index (χ0) is 23.9. The first-order valence-corrected chi connectivity index (χ1v) is 9.59. The molecule has 33 heavy (non-hydrogen) atoms. The normalized spacial score (nSPS) is 11.5. The molecule has 0 fully saturated rings. The molecule has 0 aliphatic rings. The molecular weight excluding hydrogens is 465 g/mol. The summed E-state index contributed by atoms with van der Waals surface area (Å²) < 4.78 is 39.4. The maximum atomic E-state index is 13.1. The van der Waals surface area contributed by atoms with E-state index in [1.54, 1.807) is 12.1 Å². The number of carbonyl (C=O) groups excluding carboxylic acids is 2.